The zero-order valence-corrected chi connectivity index (χ0v) is 18.7. The van der Waals surface area contributed by atoms with E-state index in [4.69, 9.17) is 0 Å². The molecule has 1 heterocycles. The Hall–Kier alpha value is -2.74. The standard InChI is InChI=1S/C24H25F2N3O2S/c1-2-28(17-8-4-3-5-9-17)22(30)15-32-24-27-20-11-7-6-10-18(20)23(31)29(24)21-13-12-16(25)14-19(21)26/h6-7,10-14,17H,2-5,8-9,15H2,1H3. The number of hydrogen-bond acceptors (Lipinski definition) is 4. The van der Waals surface area contributed by atoms with Crippen molar-refractivity contribution in [2.45, 2.75) is 50.2 Å². The third kappa shape index (κ3) is 4.55. The third-order valence-corrected chi connectivity index (χ3v) is 6.82. The van der Waals surface area contributed by atoms with Crippen LogP contribution in [0.3, 0.4) is 0 Å². The number of hydrogen-bond donors (Lipinski definition) is 0. The zero-order valence-electron chi connectivity index (χ0n) is 17.9. The SMILES string of the molecule is CCN(C(=O)CSc1nc2ccccc2c(=O)n1-c1ccc(F)cc1F)C1CCCCC1. The molecule has 0 unspecified atom stereocenters. The van der Waals surface area contributed by atoms with Crippen molar-refractivity contribution in [2.24, 2.45) is 0 Å². The van der Waals surface area contributed by atoms with E-state index in [1.807, 2.05) is 11.8 Å². The summed E-state index contributed by atoms with van der Waals surface area (Å²) in [5.74, 6) is -1.55. The maximum absolute atomic E-state index is 14.6. The summed E-state index contributed by atoms with van der Waals surface area (Å²) in [5.41, 5.74) is -0.0919. The predicted octanol–water partition coefficient (Wildman–Crippen LogP) is 4.94. The molecule has 0 saturated heterocycles. The van der Waals surface area contributed by atoms with Gasteiger partial charge in [0.15, 0.2) is 5.16 Å². The fourth-order valence-corrected chi connectivity index (χ4v) is 5.22. The van der Waals surface area contributed by atoms with Gasteiger partial charge in [-0.3, -0.25) is 14.2 Å². The summed E-state index contributed by atoms with van der Waals surface area (Å²) in [6.07, 6.45) is 5.45. The quantitative estimate of drug-likeness (QED) is 0.389. The summed E-state index contributed by atoms with van der Waals surface area (Å²) in [7, 11) is 0. The number of aromatic nitrogens is 2. The highest BCUT2D eigenvalue weighted by molar-refractivity contribution is 7.99. The second-order valence-electron chi connectivity index (χ2n) is 7.91. The van der Waals surface area contributed by atoms with Crippen LogP contribution >= 0.6 is 11.8 Å². The molecule has 3 aromatic rings. The van der Waals surface area contributed by atoms with Crippen molar-refractivity contribution >= 4 is 28.6 Å². The first-order valence-corrected chi connectivity index (χ1v) is 11.9. The van der Waals surface area contributed by atoms with Crippen LogP contribution in [0, 0.1) is 11.6 Å². The zero-order chi connectivity index (χ0) is 22.7. The Labute approximate surface area is 189 Å². The maximum atomic E-state index is 14.6. The topological polar surface area (TPSA) is 55.2 Å². The van der Waals surface area contributed by atoms with Gasteiger partial charge in [0.25, 0.3) is 5.56 Å². The van der Waals surface area contributed by atoms with E-state index in [9.17, 15) is 18.4 Å². The molecule has 1 saturated carbocycles. The molecule has 0 radical (unpaired) electrons. The van der Waals surface area contributed by atoms with Gasteiger partial charge in [-0.25, -0.2) is 13.8 Å². The summed E-state index contributed by atoms with van der Waals surface area (Å²) >= 11 is 1.10. The van der Waals surface area contributed by atoms with Gasteiger partial charge >= 0.3 is 0 Å². The summed E-state index contributed by atoms with van der Waals surface area (Å²) in [6.45, 7) is 2.59. The molecule has 8 heteroatoms. The fourth-order valence-electron chi connectivity index (χ4n) is 4.32. The van der Waals surface area contributed by atoms with Crippen molar-refractivity contribution in [1.29, 1.82) is 0 Å². The minimum absolute atomic E-state index is 0.0297. The van der Waals surface area contributed by atoms with Crippen molar-refractivity contribution in [3.05, 3.63) is 64.5 Å². The third-order valence-electron chi connectivity index (χ3n) is 5.90. The van der Waals surface area contributed by atoms with Crippen LogP contribution in [0.1, 0.15) is 39.0 Å². The number of amides is 1. The smallest absolute Gasteiger partial charge is 0.266 e. The number of fused-ring (bicyclic) bond motifs is 1. The lowest BCUT2D eigenvalue weighted by Gasteiger charge is -2.33. The molecular weight excluding hydrogens is 432 g/mol. The molecule has 0 aliphatic heterocycles. The molecule has 32 heavy (non-hydrogen) atoms. The van der Waals surface area contributed by atoms with E-state index in [-0.39, 0.29) is 28.5 Å². The summed E-state index contributed by atoms with van der Waals surface area (Å²) in [6, 6.07) is 10.1. The molecule has 1 aliphatic rings. The summed E-state index contributed by atoms with van der Waals surface area (Å²) in [4.78, 5) is 32.7. The molecule has 0 N–H and O–H groups in total. The first kappa shape index (κ1) is 22.5. The number of rotatable bonds is 6. The maximum Gasteiger partial charge on any atom is 0.266 e. The molecule has 0 bridgehead atoms. The molecule has 168 valence electrons. The molecule has 0 atom stereocenters. The highest BCUT2D eigenvalue weighted by Crippen LogP contribution is 2.26. The number of nitrogens with zero attached hydrogens (tertiary/aromatic N) is 3. The Morgan fingerprint density at radius 1 is 1.16 bits per heavy atom. The molecular formula is C24H25F2N3O2S. The largest absolute Gasteiger partial charge is 0.339 e. The van der Waals surface area contributed by atoms with Crippen molar-refractivity contribution < 1.29 is 13.6 Å². The summed E-state index contributed by atoms with van der Waals surface area (Å²) < 4.78 is 29.2. The number of carbonyl (C=O) groups excluding carboxylic acids is 1. The van der Waals surface area contributed by atoms with Crippen LogP contribution in [0.25, 0.3) is 16.6 Å². The molecule has 1 amide bonds. The number of benzene rings is 2. The van der Waals surface area contributed by atoms with Gasteiger partial charge < -0.3 is 4.90 Å². The van der Waals surface area contributed by atoms with Gasteiger partial charge in [-0.15, -0.1) is 0 Å². The molecule has 2 aromatic carbocycles. The normalized spacial score (nSPS) is 14.6. The first-order chi connectivity index (χ1) is 15.5. The Balaban J connectivity index is 1.69. The molecule has 1 aliphatic carbocycles. The Morgan fingerprint density at radius 3 is 2.62 bits per heavy atom. The van der Waals surface area contributed by atoms with Crippen molar-refractivity contribution in [3.63, 3.8) is 0 Å². The monoisotopic (exact) mass is 457 g/mol. The second kappa shape index (κ2) is 9.81. The van der Waals surface area contributed by atoms with Crippen molar-refractivity contribution in [2.75, 3.05) is 12.3 Å². The molecule has 0 spiro atoms. The number of thioether (sulfide) groups is 1. The van der Waals surface area contributed by atoms with Crippen LogP contribution in [-0.2, 0) is 4.79 Å². The molecule has 1 aromatic heterocycles. The van der Waals surface area contributed by atoms with Gasteiger partial charge in [-0.1, -0.05) is 43.2 Å². The van der Waals surface area contributed by atoms with Gasteiger partial charge in [-0.05, 0) is 44.0 Å². The van der Waals surface area contributed by atoms with Gasteiger partial charge in [-0.2, -0.15) is 0 Å². The van der Waals surface area contributed by atoms with Crippen LogP contribution in [0.5, 0.6) is 0 Å². The van der Waals surface area contributed by atoms with Crippen LogP contribution in [0.15, 0.2) is 52.4 Å². The van der Waals surface area contributed by atoms with Crippen LogP contribution < -0.4 is 5.56 Å². The highest BCUT2D eigenvalue weighted by Gasteiger charge is 2.25. The molecule has 5 nitrogen and oxygen atoms in total. The number of para-hydroxylation sites is 1. The van der Waals surface area contributed by atoms with E-state index >= 15 is 0 Å². The van der Waals surface area contributed by atoms with Crippen LogP contribution in [-0.4, -0.2) is 38.7 Å². The van der Waals surface area contributed by atoms with E-state index < -0.39 is 17.2 Å². The van der Waals surface area contributed by atoms with E-state index in [1.165, 1.54) is 12.5 Å². The van der Waals surface area contributed by atoms with E-state index in [0.29, 0.717) is 17.4 Å². The summed E-state index contributed by atoms with van der Waals surface area (Å²) in [5, 5.41) is 0.525. The Kier molecular flexibility index (Phi) is 6.89. The van der Waals surface area contributed by atoms with Crippen LogP contribution in [0.2, 0.25) is 0 Å². The van der Waals surface area contributed by atoms with Gasteiger partial charge in [0.05, 0.1) is 22.3 Å². The van der Waals surface area contributed by atoms with Crippen molar-refractivity contribution in [3.8, 4) is 5.69 Å². The fraction of sp³-hybridized carbons (Fsp3) is 0.375. The minimum Gasteiger partial charge on any atom is -0.339 e. The minimum atomic E-state index is -0.866. The van der Waals surface area contributed by atoms with E-state index in [1.54, 1.807) is 24.3 Å². The highest BCUT2D eigenvalue weighted by atomic mass is 32.2. The predicted molar refractivity (Wildman–Crippen MR) is 122 cm³/mol. The lowest BCUT2D eigenvalue weighted by molar-refractivity contribution is -0.131. The molecule has 4 rings (SSSR count). The first-order valence-electron chi connectivity index (χ1n) is 10.9. The number of halogens is 2. The van der Waals surface area contributed by atoms with Crippen molar-refractivity contribution in [1.82, 2.24) is 14.5 Å². The van der Waals surface area contributed by atoms with Gasteiger partial charge in [0.2, 0.25) is 5.91 Å². The van der Waals surface area contributed by atoms with Gasteiger partial charge in [0, 0.05) is 18.7 Å². The van der Waals surface area contributed by atoms with Gasteiger partial charge in [0.1, 0.15) is 11.6 Å². The van der Waals surface area contributed by atoms with E-state index in [2.05, 4.69) is 4.98 Å². The lowest BCUT2D eigenvalue weighted by atomic mass is 9.94. The number of carbonyl (C=O) groups is 1. The Morgan fingerprint density at radius 2 is 1.91 bits per heavy atom. The lowest BCUT2D eigenvalue weighted by Crippen LogP contribution is -2.42. The Bertz CT molecular complexity index is 1190. The average Bonchev–Trinajstić information content (AvgIpc) is 2.80. The molecule has 1 fully saturated rings. The second-order valence-corrected chi connectivity index (χ2v) is 8.85. The van der Waals surface area contributed by atoms with Crippen LogP contribution in [0.4, 0.5) is 8.78 Å². The average molecular weight is 458 g/mol. The van der Waals surface area contributed by atoms with E-state index in [0.717, 1.165) is 54.1 Å².